The molecule has 0 aromatic heterocycles. The quantitative estimate of drug-likeness (QED) is 0.495. The molecule has 0 aliphatic heterocycles. The monoisotopic (exact) mass is 126 g/mol. The molecule has 6 heavy (non-hydrogen) atoms. The lowest BCUT2D eigenvalue weighted by molar-refractivity contribution is 0.599. The van der Waals surface area contributed by atoms with Crippen molar-refractivity contribution in [3.8, 4) is 0 Å². The third-order valence-corrected chi connectivity index (χ3v) is 0.433. The Bertz CT molecular complexity index is 30.7. The highest BCUT2D eigenvalue weighted by Crippen LogP contribution is 1.82. The molecule has 2 atom stereocenters. The molecule has 0 aromatic carbocycles. The van der Waals surface area contributed by atoms with Gasteiger partial charge in [-0.2, -0.15) is 0 Å². The molecule has 0 saturated carbocycles. The van der Waals surface area contributed by atoms with Crippen molar-refractivity contribution in [3.05, 3.63) is 0 Å². The van der Waals surface area contributed by atoms with E-state index < -0.39 is 0 Å². The van der Waals surface area contributed by atoms with Gasteiger partial charge >= 0.3 is 17.6 Å². The van der Waals surface area contributed by atoms with Gasteiger partial charge in [0.25, 0.3) is 0 Å². The van der Waals surface area contributed by atoms with E-state index in [1.54, 1.807) is 0 Å². The Balaban J connectivity index is 0. The second-order valence-corrected chi connectivity index (χ2v) is 1.49. The first-order valence-electron chi connectivity index (χ1n) is 1.50. The molecule has 0 rings (SSSR count). The molecule has 0 saturated heterocycles. The van der Waals surface area contributed by atoms with Crippen molar-refractivity contribution in [3.63, 3.8) is 0 Å². The molecule has 0 N–H and O–H groups in total. The van der Waals surface area contributed by atoms with Gasteiger partial charge in [0, 0.05) is 0 Å². The maximum Gasteiger partial charge on any atom is 0.324 e. The summed E-state index contributed by atoms with van der Waals surface area (Å²) < 4.78 is 17.5. The molecular formula is C2H8O2P2+2. The highest BCUT2D eigenvalue weighted by atomic mass is 31.1. The van der Waals surface area contributed by atoms with Crippen LogP contribution in [0.3, 0.4) is 0 Å². The van der Waals surface area contributed by atoms with Crippen LogP contribution in [0.1, 0.15) is 6.92 Å². The Morgan fingerprint density at radius 2 is 1.83 bits per heavy atom. The Morgan fingerprint density at radius 3 is 1.83 bits per heavy atom. The average Bonchev–Trinajstić information content (AvgIpc) is 1.72. The van der Waals surface area contributed by atoms with Crippen molar-refractivity contribution in [2.24, 2.45) is 0 Å². The number of hydrogen-bond acceptors (Lipinski definition) is 2. The SMILES string of the molecule is CC[PH+]=O.O=[PH2+]. The summed E-state index contributed by atoms with van der Waals surface area (Å²) in [6.07, 6.45) is 0.792. The lowest BCUT2D eigenvalue weighted by atomic mass is 11.0. The highest BCUT2D eigenvalue weighted by Gasteiger charge is 1.67. The summed E-state index contributed by atoms with van der Waals surface area (Å²) in [7, 11) is 1.06. The molecule has 0 aliphatic carbocycles. The van der Waals surface area contributed by atoms with E-state index in [1.807, 2.05) is 6.92 Å². The van der Waals surface area contributed by atoms with Crippen LogP contribution in [0.15, 0.2) is 0 Å². The number of hydrogen-bond donors (Lipinski definition) is 0. The zero-order valence-corrected chi connectivity index (χ0v) is 5.76. The lowest BCUT2D eigenvalue weighted by Gasteiger charge is -1.37. The summed E-state index contributed by atoms with van der Waals surface area (Å²) in [5.74, 6) is 0. The summed E-state index contributed by atoms with van der Waals surface area (Å²) in [6.45, 7) is 1.88. The van der Waals surface area contributed by atoms with Crippen LogP contribution in [0, 0.1) is 0 Å². The Hall–Kier alpha value is 0.200. The van der Waals surface area contributed by atoms with Crippen LogP contribution < -0.4 is 0 Å². The van der Waals surface area contributed by atoms with Gasteiger partial charge in [-0.1, -0.05) is 9.13 Å². The van der Waals surface area contributed by atoms with Crippen LogP contribution in [0.4, 0.5) is 0 Å². The maximum atomic E-state index is 9.33. The zero-order valence-electron chi connectivity index (χ0n) is 3.60. The molecule has 0 aromatic rings. The van der Waals surface area contributed by atoms with Gasteiger partial charge in [0.15, 0.2) is 0 Å². The van der Waals surface area contributed by atoms with Gasteiger partial charge in [-0.15, -0.1) is 0 Å². The Morgan fingerprint density at radius 1 is 1.67 bits per heavy atom. The molecule has 0 heterocycles. The van der Waals surface area contributed by atoms with E-state index in [4.69, 9.17) is 4.57 Å². The molecule has 4 heteroatoms. The van der Waals surface area contributed by atoms with Crippen LogP contribution in [0.2, 0.25) is 0 Å². The summed E-state index contributed by atoms with van der Waals surface area (Å²) in [4.78, 5) is 0. The second-order valence-electron chi connectivity index (χ2n) is 0.498. The van der Waals surface area contributed by atoms with Crippen LogP contribution in [0.25, 0.3) is 0 Å². The molecule has 0 aliphatic rings. The first-order chi connectivity index (χ1) is 2.91. The molecule has 0 radical (unpaired) electrons. The van der Waals surface area contributed by atoms with Crippen molar-refractivity contribution in [2.75, 3.05) is 6.16 Å². The van der Waals surface area contributed by atoms with Gasteiger partial charge < -0.3 is 0 Å². The van der Waals surface area contributed by atoms with Crippen molar-refractivity contribution < 1.29 is 9.13 Å². The molecular weight excluding hydrogens is 118 g/mol. The molecule has 0 amide bonds. The normalized spacial score (nSPS) is 6.17. The van der Waals surface area contributed by atoms with Gasteiger partial charge in [0.05, 0.1) is 0 Å². The van der Waals surface area contributed by atoms with E-state index in [1.165, 1.54) is 9.12 Å². The lowest BCUT2D eigenvalue weighted by Crippen LogP contribution is -1.39. The summed E-state index contributed by atoms with van der Waals surface area (Å²) in [5.41, 5.74) is 0. The van der Waals surface area contributed by atoms with Gasteiger partial charge in [-0.05, 0) is 6.92 Å². The first-order valence-corrected chi connectivity index (χ1v) is 3.09. The molecule has 2 nitrogen and oxygen atoms in total. The molecule has 0 spiro atoms. The smallest absolute Gasteiger partial charge is 0.0801 e. The van der Waals surface area contributed by atoms with Crippen molar-refractivity contribution in [2.45, 2.75) is 6.92 Å². The Kier molecular flexibility index (Phi) is 30.0. The van der Waals surface area contributed by atoms with Crippen LogP contribution >= 0.6 is 17.6 Å². The average molecular weight is 126 g/mol. The predicted molar refractivity (Wildman–Crippen MR) is 29.9 cm³/mol. The fourth-order valence-electron chi connectivity index (χ4n) is 0. The topological polar surface area (TPSA) is 34.1 Å². The Labute approximate surface area is 40.8 Å². The van der Waals surface area contributed by atoms with E-state index in [-0.39, 0.29) is 8.46 Å². The second kappa shape index (κ2) is 19.0. The maximum absolute atomic E-state index is 9.33. The van der Waals surface area contributed by atoms with Crippen molar-refractivity contribution in [1.82, 2.24) is 0 Å². The first kappa shape index (κ1) is 9.50. The predicted octanol–water partition coefficient (Wildman–Crippen LogP) is 1.24. The van der Waals surface area contributed by atoms with E-state index >= 15 is 0 Å². The highest BCUT2D eigenvalue weighted by molar-refractivity contribution is 7.23. The third kappa shape index (κ3) is 29.9. The summed E-state index contributed by atoms with van der Waals surface area (Å²) in [5, 5.41) is 0. The van der Waals surface area contributed by atoms with E-state index in [2.05, 4.69) is 0 Å². The molecule has 36 valence electrons. The summed E-state index contributed by atoms with van der Waals surface area (Å²) >= 11 is 0. The van der Waals surface area contributed by atoms with Crippen LogP contribution in [-0.4, -0.2) is 6.16 Å². The van der Waals surface area contributed by atoms with Gasteiger partial charge in [0.2, 0.25) is 0 Å². The minimum atomic E-state index is -0.110. The molecule has 2 unspecified atom stereocenters. The van der Waals surface area contributed by atoms with Crippen LogP contribution in [0.5, 0.6) is 0 Å². The van der Waals surface area contributed by atoms with E-state index in [0.29, 0.717) is 0 Å². The summed E-state index contributed by atoms with van der Waals surface area (Å²) in [6, 6.07) is 0. The van der Waals surface area contributed by atoms with Gasteiger partial charge in [0.1, 0.15) is 6.16 Å². The minimum Gasteiger partial charge on any atom is -0.0801 e. The standard InChI is InChI=1S/C2H5OP.H2OP/c1-2-4-3;1-2/h2H2,1H3;2H2/q;+1/p+1. The van der Waals surface area contributed by atoms with E-state index in [9.17, 15) is 4.57 Å². The van der Waals surface area contributed by atoms with E-state index in [0.717, 1.165) is 6.16 Å². The number of rotatable bonds is 1. The minimum absolute atomic E-state index is 0.110. The molecule has 0 fully saturated rings. The largest absolute Gasteiger partial charge is 0.324 e. The fraction of sp³-hybridized carbons (Fsp3) is 1.00. The van der Waals surface area contributed by atoms with Crippen molar-refractivity contribution in [1.29, 1.82) is 0 Å². The van der Waals surface area contributed by atoms with Crippen LogP contribution in [-0.2, 0) is 9.13 Å². The fourth-order valence-corrected chi connectivity index (χ4v) is 0. The zero-order chi connectivity index (χ0) is 5.41. The van der Waals surface area contributed by atoms with Gasteiger partial charge in [-0.3, -0.25) is 0 Å². The van der Waals surface area contributed by atoms with Gasteiger partial charge in [-0.25, -0.2) is 0 Å². The van der Waals surface area contributed by atoms with Crippen molar-refractivity contribution >= 4 is 17.6 Å². The molecule has 0 bridgehead atoms. The third-order valence-electron chi connectivity index (χ3n) is 0.144.